The van der Waals surface area contributed by atoms with E-state index >= 15 is 0 Å². The number of carbonyl (C=O) groups is 1. The molecular formula is C14H19N5O2. The van der Waals surface area contributed by atoms with E-state index in [9.17, 15) is 4.79 Å². The summed E-state index contributed by atoms with van der Waals surface area (Å²) in [6.45, 7) is 5.14. The maximum atomic E-state index is 12.2. The van der Waals surface area contributed by atoms with Gasteiger partial charge in [0.05, 0.1) is 6.54 Å². The van der Waals surface area contributed by atoms with E-state index in [0.29, 0.717) is 11.4 Å². The molecule has 2 heterocycles. The molecule has 0 aliphatic carbocycles. The summed E-state index contributed by atoms with van der Waals surface area (Å²) in [5.41, 5.74) is 1.45. The predicted molar refractivity (Wildman–Crippen MR) is 77.9 cm³/mol. The zero-order chi connectivity index (χ0) is 15.1. The Kier molecular flexibility index (Phi) is 5.25. The highest BCUT2D eigenvalue weighted by Crippen LogP contribution is 2.11. The molecule has 0 atom stereocenters. The lowest BCUT2D eigenvalue weighted by atomic mass is 10.2. The molecule has 0 aliphatic rings. The van der Waals surface area contributed by atoms with Crippen molar-refractivity contribution in [2.75, 3.05) is 11.9 Å². The average Bonchev–Trinajstić information content (AvgIpc) is 3.03. The molecule has 7 nitrogen and oxygen atoms in total. The predicted octanol–water partition coefficient (Wildman–Crippen LogP) is 1.78. The van der Waals surface area contributed by atoms with Crippen LogP contribution in [0.25, 0.3) is 0 Å². The van der Waals surface area contributed by atoms with Gasteiger partial charge in [0.2, 0.25) is 6.39 Å². The minimum Gasteiger partial charge on any atom is -0.370 e. The van der Waals surface area contributed by atoms with E-state index in [-0.39, 0.29) is 12.5 Å². The van der Waals surface area contributed by atoms with Crippen molar-refractivity contribution in [3.63, 3.8) is 0 Å². The topological polar surface area (TPSA) is 92.9 Å². The standard InChI is InChI=1S/C14H19N5O2/c1-3-5-15-12-7-10(6-11(4-2)18-12)14(20)16-8-13-17-9-21-19-13/h6-7,9H,3-5,8H2,1-2H3,(H,15,18)(H,16,20). The van der Waals surface area contributed by atoms with Gasteiger partial charge in [-0.2, -0.15) is 4.98 Å². The first-order valence-electron chi connectivity index (χ1n) is 7.01. The zero-order valence-corrected chi connectivity index (χ0v) is 12.2. The maximum Gasteiger partial charge on any atom is 0.251 e. The fourth-order valence-electron chi connectivity index (χ4n) is 1.78. The van der Waals surface area contributed by atoms with Crippen LogP contribution in [0.3, 0.4) is 0 Å². The van der Waals surface area contributed by atoms with E-state index < -0.39 is 0 Å². The highest BCUT2D eigenvalue weighted by atomic mass is 16.5. The molecule has 2 aromatic heterocycles. The van der Waals surface area contributed by atoms with Crippen molar-refractivity contribution in [2.45, 2.75) is 33.2 Å². The third kappa shape index (κ3) is 4.27. The van der Waals surface area contributed by atoms with Crippen molar-refractivity contribution in [3.8, 4) is 0 Å². The van der Waals surface area contributed by atoms with E-state index in [0.717, 1.165) is 30.9 Å². The summed E-state index contributed by atoms with van der Waals surface area (Å²) in [5.74, 6) is 0.981. The smallest absolute Gasteiger partial charge is 0.251 e. The lowest BCUT2D eigenvalue weighted by Crippen LogP contribution is -2.24. The molecule has 0 aromatic carbocycles. The van der Waals surface area contributed by atoms with Gasteiger partial charge >= 0.3 is 0 Å². The largest absolute Gasteiger partial charge is 0.370 e. The molecule has 21 heavy (non-hydrogen) atoms. The van der Waals surface area contributed by atoms with Crippen molar-refractivity contribution in [3.05, 3.63) is 35.6 Å². The Morgan fingerprint density at radius 2 is 2.19 bits per heavy atom. The molecule has 0 radical (unpaired) electrons. The number of hydrogen-bond donors (Lipinski definition) is 2. The SMILES string of the molecule is CCCNc1cc(C(=O)NCc2ncon2)cc(CC)n1. The summed E-state index contributed by atoms with van der Waals surface area (Å²) in [5, 5.41) is 9.61. The lowest BCUT2D eigenvalue weighted by Gasteiger charge is -2.09. The molecule has 0 aliphatic heterocycles. The number of pyridine rings is 1. The van der Waals surface area contributed by atoms with Crippen molar-refractivity contribution >= 4 is 11.7 Å². The van der Waals surface area contributed by atoms with Crippen LogP contribution >= 0.6 is 0 Å². The molecule has 1 amide bonds. The molecule has 0 unspecified atom stereocenters. The van der Waals surface area contributed by atoms with Gasteiger partial charge in [-0.15, -0.1) is 0 Å². The minimum atomic E-state index is -0.184. The number of anilines is 1. The second-order valence-electron chi connectivity index (χ2n) is 4.54. The van der Waals surface area contributed by atoms with Gasteiger partial charge in [-0.1, -0.05) is 19.0 Å². The normalized spacial score (nSPS) is 10.4. The molecule has 0 saturated heterocycles. The number of carbonyl (C=O) groups excluding carboxylic acids is 1. The molecule has 0 bridgehead atoms. The van der Waals surface area contributed by atoms with Gasteiger partial charge in [-0.3, -0.25) is 4.79 Å². The summed E-state index contributed by atoms with van der Waals surface area (Å²) in [7, 11) is 0. The van der Waals surface area contributed by atoms with Gasteiger partial charge in [0.25, 0.3) is 5.91 Å². The molecule has 0 spiro atoms. The molecule has 0 saturated carbocycles. The molecule has 0 fully saturated rings. The van der Waals surface area contributed by atoms with E-state index in [1.165, 1.54) is 6.39 Å². The van der Waals surface area contributed by atoms with Gasteiger partial charge < -0.3 is 15.2 Å². The van der Waals surface area contributed by atoms with Crippen molar-refractivity contribution < 1.29 is 9.32 Å². The lowest BCUT2D eigenvalue weighted by molar-refractivity contribution is 0.0949. The van der Waals surface area contributed by atoms with Gasteiger partial charge in [-0.25, -0.2) is 4.98 Å². The third-order valence-electron chi connectivity index (χ3n) is 2.87. The number of aryl methyl sites for hydroxylation is 1. The van der Waals surface area contributed by atoms with Crippen LogP contribution in [0.15, 0.2) is 23.0 Å². The van der Waals surface area contributed by atoms with Gasteiger partial charge in [-0.05, 0) is 25.0 Å². The number of nitrogens with one attached hydrogen (secondary N) is 2. The Morgan fingerprint density at radius 3 is 2.86 bits per heavy atom. The van der Waals surface area contributed by atoms with Crippen molar-refractivity contribution in [1.29, 1.82) is 0 Å². The first-order valence-corrected chi connectivity index (χ1v) is 7.01. The van der Waals surface area contributed by atoms with Crippen LogP contribution in [0.1, 0.15) is 42.1 Å². The highest BCUT2D eigenvalue weighted by molar-refractivity contribution is 5.94. The Hall–Kier alpha value is -2.44. The summed E-state index contributed by atoms with van der Waals surface area (Å²) in [4.78, 5) is 20.5. The van der Waals surface area contributed by atoms with E-state index in [1.54, 1.807) is 12.1 Å². The first kappa shape index (κ1) is 15.0. The van der Waals surface area contributed by atoms with Crippen LogP contribution < -0.4 is 10.6 Å². The molecule has 7 heteroatoms. The van der Waals surface area contributed by atoms with Crippen molar-refractivity contribution in [2.24, 2.45) is 0 Å². The summed E-state index contributed by atoms with van der Waals surface area (Å²) in [6, 6.07) is 3.54. The first-order chi connectivity index (χ1) is 10.2. The number of nitrogens with zero attached hydrogens (tertiary/aromatic N) is 3. The van der Waals surface area contributed by atoms with Gasteiger partial charge in [0.1, 0.15) is 5.82 Å². The number of rotatable bonds is 7. The second kappa shape index (κ2) is 7.37. The van der Waals surface area contributed by atoms with Gasteiger partial charge in [0.15, 0.2) is 5.82 Å². The van der Waals surface area contributed by atoms with Crippen LogP contribution in [-0.4, -0.2) is 27.6 Å². The van der Waals surface area contributed by atoms with Crippen LogP contribution in [0.5, 0.6) is 0 Å². The fraction of sp³-hybridized carbons (Fsp3) is 0.429. The minimum absolute atomic E-state index is 0.184. The summed E-state index contributed by atoms with van der Waals surface area (Å²) >= 11 is 0. The Balaban J connectivity index is 2.07. The van der Waals surface area contributed by atoms with E-state index in [2.05, 4.69) is 37.2 Å². The van der Waals surface area contributed by atoms with Crippen LogP contribution in [0, 0.1) is 0 Å². The van der Waals surface area contributed by atoms with Crippen LogP contribution in [0.2, 0.25) is 0 Å². The summed E-state index contributed by atoms with van der Waals surface area (Å²) < 4.78 is 4.62. The zero-order valence-electron chi connectivity index (χ0n) is 12.2. The fourth-order valence-corrected chi connectivity index (χ4v) is 1.78. The highest BCUT2D eigenvalue weighted by Gasteiger charge is 2.10. The van der Waals surface area contributed by atoms with Crippen molar-refractivity contribution in [1.82, 2.24) is 20.4 Å². The van der Waals surface area contributed by atoms with Gasteiger partial charge in [0, 0.05) is 17.8 Å². The van der Waals surface area contributed by atoms with E-state index in [1.807, 2.05) is 6.92 Å². The summed E-state index contributed by atoms with van der Waals surface area (Å²) in [6.07, 6.45) is 3.00. The number of hydrogen-bond acceptors (Lipinski definition) is 6. The Morgan fingerprint density at radius 1 is 1.33 bits per heavy atom. The molecule has 112 valence electrons. The van der Waals surface area contributed by atoms with Crippen LogP contribution in [0.4, 0.5) is 5.82 Å². The monoisotopic (exact) mass is 289 g/mol. The maximum absolute atomic E-state index is 12.2. The average molecular weight is 289 g/mol. The molecule has 2 rings (SSSR count). The number of aromatic nitrogens is 3. The Labute approximate surface area is 123 Å². The molecular weight excluding hydrogens is 270 g/mol. The molecule has 2 N–H and O–H groups in total. The third-order valence-corrected chi connectivity index (χ3v) is 2.87. The quantitative estimate of drug-likeness (QED) is 0.807. The van der Waals surface area contributed by atoms with E-state index in [4.69, 9.17) is 0 Å². The number of amides is 1. The van der Waals surface area contributed by atoms with Crippen LogP contribution in [-0.2, 0) is 13.0 Å². The molecule has 2 aromatic rings. The second-order valence-corrected chi connectivity index (χ2v) is 4.54. The Bertz CT molecular complexity index is 583.